The highest BCUT2D eigenvalue weighted by molar-refractivity contribution is 5.72. The Morgan fingerprint density at radius 1 is 1.15 bits per heavy atom. The van der Waals surface area contributed by atoms with E-state index in [2.05, 4.69) is 13.0 Å². The SMILES string of the molecule is CCCCOC(=O)C1CCC(/C=C/C2OCCO2)CC1. The van der Waals surface area contributed by atoms with Crippen molar-refractivity contribution in [2.75, 3.05) is 19.8 Å². The van der Waals surface area contributed by atoms with Crippen LogP contribution >= 0.6 is 0 Å². The van der Waals surface area contributed by atoms with Crippen LogP contribution in [-0.4, -0.2) is 32.1 Å². The lowest BCUT2D eigenvalue weighted by atomic mass is 9.82. The predicted octanol–water partition coefficient (Wildman–Crippen LogP) is 3.07. The third kappa shape index (κ3) is 4.91. The Labute approximate surface area is 121 Å². The molecule has 0 bridgehead atoms. The van der Waals surface area contributed by atoms with E-state index in [1.807, 2.05) is 6.08 Å². The molecule has 1 saturated carbocycles. The van der Waals surface area contributed by atoms with Gasteiger partial charge in [0.1, 0.15) is 0 Å². The molecule has 2 fully saturated rings. The molecule has 4 nitrogen and oxygen atoms in total. The Hall–Kier alpha value is -0.870. The summed E-state index contributed by atoms with van der Waals surface area (Å²) in [6.45, 7) is 4.05. The second kappa shape index (κ2) is 8.42. The molecule has 0 aromatic carbocycles. The van der Waals surface area contributed by atoms with Gasteiger partial charge in [0.2, 0.25) is 0 Å². The van der Waals surface area contributed by atoms with Gasteiger partial charge in [-0.2, -0.15) is 0 Å². The molecule has 2 rings (SSSR count). The van der Waals surface area contributed by atoms with Crippen molar-refractivity contribution in [2.45, 2.75) is 51.7 Å². The predicted molar refractivity (Wildman–Crippen MR) is 76.1 cm³/mol. The van der Waals surface area contributed by atoms with Gasteiger partial charge in [0, 0.05) is 0 Å². The number of unbranched alkanes of at least 4 members (excludes halogenated alkanes) is 1. The van der Waals surface area contributed by atoms with Crippen molar-refractivity contribution in [2.24, 2.45) is 11.8 Å². The molecule has 4 heteroatoms. The molecule has 1 heterocycles. The summed E-state index contributed by atoms with van der Waals surface area (Å²) >= 11 is 0. The fourth-order valence-electron chi connectivity index (χ4n) is 2.72. The number of ether oxygens (including phenoxy) is 3. The third-order valence-corrected chi connectivity index (χ3v) is 4.04. The van der Waals surface area contributed by atoms with Gasteiger partial charge in [-0.15, -0.1) is 0 Å². The lowest BCUT2D eigenvalue weighted by molar-refractivity contribution is -0.149. The van der Waals surface area contributed by atoms with Crippen LogP contribution in [0.3, 0.4) is 0 Å². The molecule has 0 aromatic heterocycles. The van der Waals surface area contributed by atoms with Crippen molar-refractivity contribution < 1.29 is 19.0 Å². The zero-order valence-corrected chi connectivity index (χ0v) is 12.4. The van der Waals surface area contributed by atoms with Crippen LogP contribution in [0.15, 0.2) is 12.2 Å². The first-order valence-electron chi connectivity index (χ1n) is 7.87. The number of esters is 1. The van der Waals surface area contributed by atoms with Crippen molar-refractivity contribution in [3.63, 3.8) is 0 Å². The second-order valence-electron chi connectivity index (χ2n) is 5.63. The first-order chi connectivity index (χ1) is 9.79. The van der Waals surface area contributed by atoms with Gasteiger partial charge in [-0.25, -0.2) is 0 Å². The van der Waals surface area contributed by atoms with Crippen molar-refractivity contribution in [1.29, 1.82) is 0 Å². The first-order valence-corrected chi connectivity index (χ1v) is 7.87. The van der Waals surface area contributed by atoms with E-state index in [4.69, 9.17) is 14.2 Å². The number of carbonyl (C=O) groups is 1. The van der Waals surface area contributed by atoms with Crippen LogP contribution in [-0.2, 0) is 19.0 Å². The van der Waals surface area contributed by atoms with Gasteiger partial charge in [0.25, 0.3) is 0 Å². The van der Waals surface area contributed by atoms with Crippen LogP contribution in [0, 0.1) is 11.8 Å². The van der Waals surface area contributed by atoms with Crippen LogP contribution in [0.1, 0.15) is 45.4 Å². The number of rotatable bonds is 6. The van der Waals surface area contributed by atoms with E-state index < -0.39 is 0 Å². The van der Waals surface area contributed by atoms with Crippen molar-refractivity contribution in [3.05, 3.63) is 12.2 Å². The summed E-state index contributed by atoms with van der Waals surface area (Å²) in [6.07, 6.45) is 10.0. The van der Waals surface area contributed by atoms with E-state index in [1.165, 1.54) is 0 Å². The van der Waals surface area contributed by atoms with Crippen LogP contribution in [0.25, 0.3) is 0 Å². The van der Waals surface area contributed by atoms with Gasteiger partial charge in [-0.3, -0.25) is 4.79 Å². The maximum absolute atomic E-state index is 11.9. The fourth-order valence-corrected chi connectivity index (χ4v) is 2.72. The molecule has 2 aliphatic rings. The van der Waals surface area contributed by atoms with Crippen LogP contribution in [0.5, 0.6) is 0 Å². The summed E-state index contributed by atoms with van der Waals surface area (Å²) in [5.41, 5.74) is 0. The van der Waals surface area contributed by atoms with Crippen molar-refractivity contribution in [3.8, 4) is 0 Å². The highest BCUT2D eigenvalue weighted by Crippen LogP contribution is 2.30. The molecule has 0 aromatic rings. The third-order valence-electron chi connectivity index (χ3n) is 4.04. The highest BCUT2D eigenvalue weighted by atomic mass is 16.7. The molecular formula is C16H26O4. The number of carbonyl (C=O) groups excluding carboxylic acids is 1. The first kappa shape index (κ1) is 15.5. The van der Waals surface area contributed by atoms with Gasteiger partial charge in [-0.1, -0.05) is 19.4 Å². The summed E-state index contributed by atoms with van der Waals surface area (Å²) < 4.78 is 16.1. The summed E-state index contributed by atoms with van der Waals surface area (Å²) in [7, 11) is 0. The Morgan fingerprint density at radius 2 is 1.85 bits per heavy atom. The minimum atomic E-state index is -0.160. The van der Waals surface area contributed by atoms with E-state index in [0.29, 0.717) is 25.7 Å². The summed E-state index contributed by atoms with van der Waals surface area (Å²) in [4.78, 5) is 11.9. The standard InChI is InChI=1S/C16H26O4/c1-2-3-10-20-16(17)14-7-4-13(5-8-14)6-9-15-18-11-12-19-15/h6,9,13-15H,2-5,7-8,10-12H2,1H3/b9-6+. The average molecular weight is 282 g/mol. The Bertz CT molecular complexity index is 312. The fraction of sp³-hybridized carbons (Fsp3) is 0.812. The minimum Gasteiger partial charge on any atom is -0.465 e. The Kier molecular flexibility index (Phi) is 6.54. The van der Waals surface area contributed by atoms with Gasteiger partial charge < -0.3 is 14.2 Å². The average Bonchev–Trinajstić information content (AvgIpc) is 2.99. The number of allylic oxidation sites excluding steroid dienone is 1. The monoisotopic (exact) mass is 282 g/mol. The van der Waals surface area contributed by atoms with Crippen LogP contribution in [0.2, 0.25) is 0 Å². The summed E-state index contributed by atoms with van der Waals surface area (Å²) in [5, 5.41) is 0. The van der Waals surface area contributed by atoms with Crippen molar-refractivity contribution >= 4 is 5.97 Å². The maximum atomic E-state index is 11.9. The molecule has 1 aliphatic heterocycles. The Morgan fingerprint density at radius 3 is 2.50 bits per heavy atom. The van der Waals surface area contributed by atoms with E-state index in [-0.39, 0.29) is 18.2 Å². The molecular weight excluding hydrogens is 256 g/mol. The van der Waals surface area contributed by atoms with Gasteiger partial charge in [0.15, 0.2) is 6.29 Å². The highest BCUT2D eigenvalue weighted by Gasteiger charge is 2.26. The zero-order valence-electron chi connectivity index (χ0n) is 12.4. The van der Waals surface area contributed by atoms with Crippen LogP contribution in [0.4, 0.5) is 0 Å². The largest absolute Gasteiger partial charge is 0.465 e. The van der Waals surface area contributed by atoms with E-state index >= 15 is 0 Å². The smallest absolute Gasteiger partial charge is 0.308 e. The lowest BCUT2D eigenvalue weighted by Gasteiger charge is -2.25. The molecule has 0 unspecified atom stereocenters. The summed E-state index contributed by atoms with van der Waals surface area (Å²) in [6, 6.07) is 0. The molecule has 0 radical (unpaired) electrons. The van der Waals surface area contributed by atoms with E-state index in [0.717, 1.165) is 38.5 Å². The zero-order chi connectivity index (χ0) is 14.2. The molecule has 0 amide bonds. The normalized spacial score (nSPS) is 28.1. The lowest BCUT2D eigenvalue weighted by Crippen LogP contribution is -2.23. The second-order valence-corrected chi connectivity index (χ2v) is 5.63. The van der Waals surface area contributed by atoms with Crippen molar-refractivity contribution in [1.82, 2.24) is 0 Å². The van der Waals surface area contributed by atoms with Gasteiger partial charge >= 0.3 is 5.97 Å². The van der Waals surface area contributed by atoms with Crippen LogP contribution < -0.4 is 0 Å². The minimum absolute atomic E-state index is 0.00309. The summed E-state index contributed by atoms with van der Waals surface area (Å²) in [5.74, 6) is 0.654. The molecule has 20 heavy (non-hydrogen) atoms. The molecule has 0 N–H and O–H groups in total. The maximum Gasteiger partial charge on any atom is 0.308 e. The number of hydrogen-bond acceptors (Lipinski definition) is 4. The van der Waals surface area contributed by atoms with Gasteiger partial charge in [-0.05, 0) is 44.1 Å². The van der Waals surface area contributed by atoms with E-state index in [9.17, 15) is 4.79 Å². The Balaban J connectivity index is 1.65. The van der Waals surface area contributed by atoms with E-state index in [1.54, 1.807) is 0 Å². The molecule has 114 valence electrons. The number of hydrogen-bond donors (Lipinski definition) is 0. The molecule has 1 saturated heterocycles. The molecule has 0 atom stereocenters. The quantitative estimate of drug-likeness (QED) is 0.427. The molecule has 0 spiro atoms. The van der Waals surface area contributed by atoms with Gasteiger partial charge in [0.05, 0.1) is 25.7 Å². The molecule has 1 aliphatic carbocycles. The topological polar surface area (TPSA) is 44.8 Å².